The summed E-state index contributed by atoms with van der Waals surface area (Å²) in [6, 6.07) is 5.89. The van der Waals surface area contributed by atoms with Crippen LogP contribution in [0.25, 0.3) is 0 Å². The van der Waals surface area contributed by atoms with E-state index >= 15 is 0 Å². The van der Waals surface area contributed by atoms with E-state index < -0.39 is 0 Å². The zero-order valence-corrected chi connectivity index (χ0v) is 13.2. The van der Waals surface area contributed by atoms with Crippen LogP contribution in [-0.4, -0.2) is 24.2 Å². The predicted molar refractivity (Wildman–Crippen MR) is 86.7 cm³/mol. The summed E-state index contributed by atoms with van der Waals surface area (Å²) in [6.07, 6.45) is 5.53. The van der Waals surface area contributed by atoms with E-state index in [0.29, 0.717) is 11.1 Å². The van der Waals surface area contributed by atoms with Gasteiger partial charge in [0.2, 0.25) is 0 Å². The molecule has 5 heteroatoms. The summed E-state index contributed by atoms with van der Waals surface area (Å²) in [5.41, 5.74) is 7.52. The monoisotopic (exact) mass is 342 g/mol. The number of nitrogens with one attached hydrogen (secondary N) is 1. The van der Waals surface area contributed by atoms with E-state index in [1.54, 1.807) is 0 Å². The number of hydrogen-bond acceptors (Lipinski definition) is 3. The van der Waals surface area contributed by atoms with Crippen LogP contribution in [0.4, 0.5) is 5.69 Å². The lowest BCUT2D eigenvalue weighted by Gasteiger charge is -2.12. The Hall–Kier alpha value is -0.650. The quantitative estimate of drug-likeness (QED) is 0.614. The Morgan fingerprint density at radius 1 is 1.42 bits per heavy atom. The second kappa shape index (κ2) is 7.22. The number of anilines is 1. The molecule has 0 bridgehead atoms. The molecule has 1 saturated carbocycles. The van der Waals surface area contributed by atoms with Crippen LogP contribution in [0.5, 0.6) is 0 Å². The van der Waals surface area contributed by atoms with Crippen molar-refractivity contribution in [2.75, 3.05) is 18.5 Å². The zero-order valence-electron chi connectivity index (χ0n) is 10.8. The van der Waals surface area contributed by atoms with E-state index in [1.165, 1.54) is 25.7 Å². The van der Waals surface area contributed by atoms with Crippen LogP contribution in [-0.2, 0) is 4.74 Å². The SMILES string of the molecule is NC(=S)c1ccc(NCCOC2CCCC2)cc1Br. The van der Waals surface area contributed by atoms with Gasteiger partial charge in [0.05, 0.1) is 12.7 Å². The van der Waals surface area contributed by atoms with Crippen LogP contribution in [0, 0.1) is 0 Å². The Labute approximate surface area is 128 Å². The van der Waals surface area contributed by atoms with Gasteiger partial charge in [0.25, 0.3) is 0 Å². The number of nitrogens with two attached hydrogens (primary N) is 1. The third kappa shape index (κ3) is 4.44. The Morgan fingerprint density at radius 2 is 2.16 bits per heavy atom. The van der Waals surface area contributed by atoms with Crippen LogP contribution in [0.15, 0.2) is 22.7 Å². The number of benzene rings is 1. The first-order valence-electron chi connectivity index (χ1n) is 6.61. The molecule has 0 aromatic heterocycles. The average Bonchev–Trinajstić information content (AvgIpc) is 2.87. The summed E-state index contributed by atoms with van der Waals surface area (Å²) in [6.45, 7) is 1.56. The minimum atomic E-state index is 0.406. The second-order valence-electron chi connectivity index (χ2n) is 4.76. The fourth-order valence-electron chi connectivity index (χ4n) is 2.30. The summed E-state index contributed by atoms with van der Waals surface area (Å²) in [4.78, 5) is 0.406. The maximum absolute atomic E-state index is 5.80. The topological polar surface area (TPSA) is 47.3 Å². The first-order valence-corrected chi connectivity index (χ1v) is 7.82. The Balaban J connectivity index is 1.76. The molecule has 104 valence electrons. The summed E-state index contributed by atoms with van der Waals surface area (Å²) >= 11 is 8.44. The van der Waals surface area contributed by atoms with Gasteiger partial charge in [-0.3, -0.25) is 0 Å². The molecule has 3 N–H and O–H groups in total. The standard InChI is InChI=1S/C14H19BrN2OS/c15-13-9-10(5-6-12(13)14(16)19)17-7-8-18-11-3-1-2-4-11/h5-6,9,11,17H,1-4,7-8H2,(H2,16,19). The molecule has 0 radical (unpaired) electrons. The third-order valence-electron chi connectivity index (χ3n) is 3.32. The van der Waals surface area contributed by atoms with E-state index in [2.05, 4.69) is 21.2 Å². The van der Waals surface area contributed by atoms with Crippen LogP contribution in [0.1, 0.15) is 31.2 Å². The predicted octanol–water partition coefficient (Wildman–Crippen LogP) is 3.45. The highest BCUT2D eigenvalue weighted by Gasteiger charge is 2.14. The molecule has 0 saturated heterocycles. The van der Waals surface area contributed by atoms with Crippen molar-refractivity contribution in [3.8, 4) is 0 Å². The Morgan fingerprint density at radius 3 is 2.79 bits per heavy atom. The molecule has 0 heterocycles. The van der Waals surface area contributed by atoms with Gasteiger partial charge in [-0.1, -0.05) is 25.1 Å². The minimum Gasteiger partial charge on any atom is -0.389 e. The number of halogens is 1. The summed E-state index contributed by atoms with van der Waals surface area (Å²) in [5.74, 6) is 0. The number of thiocarbonyl (C=S) groups is 1. The fraction of sp³-hybridized carbons (Fsp3) is 0.500. The molecule has 1 aromatic rings. The molecule has 1 fully saturated rings. The van der Waals surface area contributed by atoms with Gasteiger partial charge in [0.1, 0.15) is 4.99 Å². The second-order valence-corrected chi connectivity index (χ2v) is 6.06. The first-order chi connectivity index (χ1) is 9.16. The zero-order chi connectivity index (χ0) is 13.7. The van der Waals surface area contributed by atoms with Crippen LogP contribution in [0.2, 0.25) is 0 Å². The lowest BCUT2D eigenvalue weighted by atomic mass is 10.2. The maximum atomic E-state index is 5.80. The van der Waals surface area contributed by atoms with E-state index in [-0.39, 0.29) is 0 Å². The van der Waals surface area contributed by atoms with Crippen molar-refractivity contribution < 1.29 is 4.74 Å². The number of hydrogen-bond donors (Lipinski definition) is 2. The summed E-state index contributed by atoms with van der Waals surface area (Å²) in [7, 11) is 0. The summed E-state index contributed by atoms with van der Waals surface area (Å²) in [5, 5.41) is 3.34. The largest absolute Gasteiger partial charge is 0.389 e. The molecule has 0 unspecified atom stereocenters. The van der Waals surface area contributed by atoms with Crippen molar-refractivity contribution in [2.45, 2.75) is 31.8 Å². The van der Waals surface area contributed by atoms with Crippen LogP contribution < -0.4 is 11.1 Å². The lowest BCUT2D eigenvalue weighted by Crippen LogP contribution is -2.15. The molecule has 3 nitrogen and oxygen atoms in total. The molecule has 2 rings (SSSR count). The molecule has 19 heavy (non-hydrogen) atoms. The van der Waals surface area contributed by atoms with Gasteiger partial charge in [-0.15, -0.1) is 0 Å². The van der Waals surface area contributed by atoms with Gasteiger partial charge >= 0.3 is 0 Å². The van der Waals surface area contributed by atoms with E-state index in [9.17, 15) is 0 Å². The molecule has 0 aliphatic heterocycles. The van der Waals surface area contributed by atoms with E-state index in [0.717, 1.165) is 28.9 Å². The van der Waals surface area contributed by atoms with E-state index in [4.69, 9.17) is 22.7 Å². The van der Waals surface area contributed by atoms with Crippen LogP contribution in [0.3, 0.4) is 0 Å². The molecule has 1 aliphatic carbocycles. The normalized spacial score (nSPS) is 15.6. The third-order valence-corrected chi connectivity index (χ3v) is 4.20. The molecular formula is C14H19BrN2OS. The average molecular weight is 343 g/mol. The van der Waals surface area contributed by atoms with Gasteiger partial charge in [-0.25, -0.2) is 0 Å². The van der Waals surface area contributed by atoms with E-state index in [1.807, 2.05) is 18.2 Å². The van der Waals surface area contributed by atoms with Gasteiger partial charge in [0.15, 0.2) is 0 Å². The molecule has 0 spiro atoms. The van der Waals surface area contributed by atoms with Crippen molar-refractivity contribution in [1.82, 2.24) is 0 Å². The smallest absolute Gasteiger partial charge is 0.105 e. The molecule has 1 aromatic carbocycles. The van der Waals surface area contributed by atoms with Crippen molar-refractivity contribution in [2.24, 2.45) is 5.73 Å². The van der Waals surface area contributed by atoms with Crippen molar-refractivity contribution in [3.63, 3.8) is 0 Å². The maximum Gasteiger partial charge on any atom is 0.105 e. The van der Waals surface area contributed by atoms with Gasteiger partial charge in [0, 0.05) is 22.3 Å². The highest BCUT2D eigenvalue weighted by molar-refractivity contribution is 9.10. The van der Waals surface area contributed by atoms with Crippen molar-refractivity contribution >= 4 is 38.8 Å². The molecular weight excluding hydrogens is 324 g/mol. The lowest BCUT2D eigenvalue weighted by molar-refractivity contribution is 0.0659. The first kappa shape index (κ1) is 14.8. The fourth-order valence-corrected chi connectivity index (χ4v) is 3.20. The van der Waals surface area contributed by atoms with Crippen molar-refractivity contribution in [1.29, 1.82) is 0 Å². The Kier molecular flexibility index (Phi) is 5.60. The van der Waals surface area contributed by atoms with Gasteiger partial charge in [-0.2, -0.15) is 0 Å². The minimum absolute atomic E-state index is 0.406. The highest BCUT2D eigenvalue weighted by Crippen LogP contribution is 2.22. The molecule has 0 atom stereocenters. The highest BCUT2D eigenvalue weighted by atomic mass is 79.9. The van der Waals surface area contributed by atoms with Crippen LogP contribution >= 0.6 is 28.1 Å². The number of ether oxygens (including phenoxy) is 1. The Bertz CT molecular complexity index is 447. The summed E-state index contributed by atoms with van der Waals surface area (Å²) < 4.78 is 6.72. The molecule has 1 aliphatic rings. The van der Waals surface area contributed by atoms with Gasteiger partial charge < -0.3 is 15.8 Å². The van der Waals surface area contributed by atoms with Gasteiger partial charge in [-0.05, 0) is 47.0 Å². The van der Waals surface area contributed by atoms with Crippen molar-refractivity contribution in [3.05, 3.63) is 28.2 Å². The number of rotatable bonds is 6. The molecule has 0 amide bonds.